The molecule has 0 rings (SSSR count). The summed E-state index contributed by atoms with van der Waals surface area (Å²) in [5.74, 6) is -2.61. The molecule has 4 N–H and O–H groups in total. The van der Waals surface area contributed by atoms with Crippen molar-refractivity contribution >= 4 is 23.9 Å². The fourth-order valence-electron chi connectivity index (χ4n) is 10.6. The van der Waals surface area contributed by atoms with Crippen molar-refractivity contribution in [3.8, 4) is 0 Å². The summed E-state index contributed by atoms with van der Waals surface area (Å²) in [4.78, 5) is 41.3. The van der Waals surface area contributed by atoms with Gasteiger partial charge >= 0.3 is 141 Å². The average Bonchev–Trinajstić information content (AvgIpc) is 3.43. The third kappa shape index (κ3) is 126. The van der Waals surface area contributed by atoms with Crippen molar-refractivity contribution in [3.63, 3.8) is 0 Å². The standard InChI is InChI=1S/4C18H36O2.6Zn/c4*1-2-3-4-5-6-7-8-9-10-11-12-13-14-15-16-17-18(19)20;;;;;;/h4*2-17H2,1H3,(H,19,20);;;;;;/q;;;;6*+2. The Morgan fingerprint density at radius 1 is 0.151 bits per heavy atom. The molecule has 0 aliphatic carbocycles. The zero-order chi connectivity index (χ0) is 59.6. The maximum Gasteiger partial charge on any atom is 2.00 e. The summed E-state index contributed by atoms with van der Waals surface area (Å²) in [6.07, 6.45) is 80.8. The minimum Gasteiger partial charge on any atom is -0.481 e. The van der Waals surface area contributed by atoms with E-state index in [0.717, 1.165) is 51.4 Å². The van der Waals surface area contributed by atoms with Crippen LogP contribution in [0.15, 0.2) is 0 Å². The van der Waals surface area contributed by atoms with Crippen molar-refractivity contribution in [2.45, 2.75) is 439 Å². The van der Waals surface area contributed by atoms with Crippen LogP contribution in [0.4, 0.5) is 0 Å². The van der Waals surface area contributed by atoms with Gasteiger partial charge in [-0.2, -0.15) is 0 Å². The fourth-order valence-corrected chi connectivity index (χ4v) is 10.6. The predicted octanol–water partition coefficient (Wildman–Crippen LogP) is 25.3. The molecule has 0 spiro atoms. The first-order valence-electron chi connectivity index (χ1n) is 36.0. The molecule has 0 aliphatic rings. The number of carbonyl (C=O) groups is 4. The summed E-state index contributed by atoms with van der Waals surface area (Å²) in [7, 11) is 0. The third-order valence-electron chi connectivity index (χ3n) is 16.0. The van der Waals surface area contributed by atoms with Crippen LogP contribution in [0.2, 0.25) is 0 Å². The molecule has 0 saturated carbocycles. The number of rotatable bonds is 64. The molecule has 0 unspecified atom stereocenters. The minimum absolute atomic E-state index is 0. The van der Waals surface area contributed by atoms with Gasteiger partial charge in [0.25, 0.3) is 0 Å². The van der Waals surface area contributed by atoms with Crippen molar-refractivity contribution in [3.05, 3.63) is 0 Å². The largest absolute Gasteiger partial charge is 2.00 e. The monoisotopic (exact) mass is 1520 g/mol. The molecule has 0 saturated heterocycles. The van der Waals surface area contributed by atoms with Gasteiger partial charge in [0.2, 0.25) is 0 Å². The average molecular weight is 1530 g/mol. The van der Waals surface area contributed by atoms with Gasteiger partial charge < -0.3 is 20.4 Å². The summed E-state index contributed by atoms with van der Waals surface area (Å²) in [6, 6.07) is 0. The number of unbranched alkanes of at least 4 members (excludes halogenated alkanes) is 56. The molecule has 14 heteroatoms. The van der Waals surface area contributed by atoms with E-state index in [4.69, 9.17) is 20.4 Å². The van der Waals surface area contributed by atoms with Crippen molar-refractivity contribution < 1.29 is 156 Å². The molecule has 480 valence electrons. The minimum atomic E-state index is -0.653. The van der Waals surface area contributed by atoms with E-state index in [2.05, 4.69) is 27.7 Å². The van der Waals surface area contributed by atoms with Crippen molar-refractivity contribution in [1.29, 1.82) is 0 Å². The number of hydrogen-bond donors (Lipinski definition) is 4. The van der Waals surface area contributed by atoms with Gasteiger partial charge in [-0.3, -0.25) is 19.2 Å². The van der Waals surface area contributed by atoms with Crippen molar-refractivity contribution in [2.75, 3.05) is 0 Å². The molecule has 0 atom stereocenters. The number of carboxylic acids is 4. The summed E-state index contributed by atoms with van der Waals surface area (Å²) in [5, 5.41) is 34.1. The Morgan fingerprint density at radius 2 is 0.221 bits per heavy atom. The van der Waals surface area contributed by atoms with E-state index in [1.807, 2.05) is 0 Å². The number of aliphatic carboxylic acids is 4. The molecular formula is C72H144O8Zn6+12. The zero-order valence-corrected chi connectivity index (χ0v) is 76.7. The van der Waals surface area contributed by atoms with Gasteiger partial charge in [-0.15, -0.1) is 0 Å². The van der Waals surface area contributed by atoms with E-state index in [1.54, 1.807) is 0 Å². The normalized spacial score (nSPS) is 10.1. The molecule has 0 aromatic heterocycles. The van der Waals surface area contributed by atoms with Crippen LogP contribution in [0.1, 0.15) is 439 Å². The van der Waals surface area contributed by atoms with Crippen LogP contribution < -0.4 is 0 Å². The number of hydrogen-bond acceptors (Lipinski definition) is 4. The van der Waals surface area contributed by atoms with E-state index in [-0.39, 0.29) is 117 Å². The Labute approximate surface area is 613 Å². The van der Waals surface area contributed by atoms with Crippen molar-refractivity contribution in [2.24, 2.45) is 0 Å². The molecular weight excluding hydrogens is 1390 g/mol. The molecule has 0 aromatic rings. The summed E-state index contributed by atoms with van der Waals surface area (Å²) < 4.78 is 0. The van der Waals surface area contributed by atoms with Gasteiger partial charge in [-0.05, 0) is 25.7 Å². The summed E-state index contributed by atoms with van der Waals surface area (Å²) in [5.41, 5.74) is 0. The third-order valence-corrected chi connectivity index (χ3v) is 16.0. The Balaban J connectivity index is -0.000000109. The van der Waals surface area contributed by atoms with Crippen LogP contribution in [0.3, 0.4) is 0 Å². The second-order valence-corrected chi connectivity index (χ2v) is 24.4. The quantitative estimate of drug-likeness (QED) is 0.0347. The molecule has 0 radical (unpaired) electrons. The zero-order valence-electron chi connectivity index (χ0n) is 58.9. The molecule has 0 bridgehead atoms. The van der Waals surface area contributed by atoms with Crippen LogP contribution in [-0.4, -0.2) is 44.3 Å². The maximum atomic E-state index is 10.3. The van der Waals surface area contributed by atoms with Crippen LogP contribution >= 0.6 is 0 Å². The summed E-state index contributed by atoms with van der Waals surface area (Å²) in [6.45, 7) is 9.08. The smallest absolute Gasteiger partial charge is 0.481 e. The van der Waals surface area contributed by atoms with Gasteiger partial charge in [0.15, 0.2) is 0 Å². The molecule has 0 fully saturated rings. The van der Waals surface area contributed by atoms with Gasteiger partial charge in [-0.25, -0.2) is 0 Å². The Morgan fingerprint density at radius 3 is 0.291 bits per heavy atom. The van der Waals surface area contributed by atoms with E-state index in [9.17, 15) is 19.2 Å². The van der Waals surface area contributed by atoms with Crippen LogP contribution in [0, 0.1) is 0 Å². The van der Waals surface area contributed by atoms with Gasteiger partial charge in [0.1, 0.15) is 0 Å². The Kier molecular flexibility index (Phi) is 134. The SMILES string of the molecule is CCCCCCCCCCCCCCCCCC(=O)O.CCCCCCCCCCCCCCCCCC(=O)O.CCCCCCCCCCCCCCCCCC(=O)O.CCCCCCCCCCCCCCCCCC(=O)O.[Zn+2].[Zn+2].[Zn+2].[Zn+2].[Zn+2].[Zn+2]. The predicted molar refractivity (Wildman–Crippen MR) is 349 cm³/mol. The van der Waals surface area contributed by atoms with Crippen LogP contribution in [-0.2, 0) is 136 Å². The molecule has 0 heterocycles. The maximum absolute atomic E-state index is 10.3. The van der Waals surface area contributed by atoms with E-state index >= 15 is 0 Å². The second-order valence-electron chi connectivity index (χ2n) is 24.4. The van der Waals surface area contributed by atoms with E-state index < -0.39 is 23.9 Å². The fraction of sp³-hybridized carbons (Fsp3) is 0.944. The van der Waals surface area contributed by atoms with E-state index in [0.29, 0.717) is 25.7 Å². The summed E-state index contributed by atoms with van der Waals surface area (Å²) >= 11 is 0. The first-order chi connectivity index (χ1) is 39.1. The molecule has 8 nitrogen and oxygen atoms in total. The van der Waals surface area contributed by atoms with Gasteiger partial charge in [-0.1, -0.05) is 387 Å². The van der Waals surface area contributed by atoms with Gasteiger partial charge in [0.05, 0.1) is 0 Å². The Bertz CT molecular complexity index is 1010. The molecule has 0 aromatic carbocycles. The molecule has 0 aliphatic heterocycles. The van der Waals surface area contributed by atoms with Crippen LogP contribution in [0.25, 0.3) is 0 Å². The van der Waals surface area contributed by atoms with E-state index in [1.165, 1.54) is 334 Å². The number of carboxylic acid groups (broad SMARTS) is 4. The van der Waals surface area contributed by atoms with Crippen molar-refractivity contribution in [1.82, 2.24) is 0 Å². The van der Waals surface area contributed by atoms with Crippen LogP contribution in [0.5, 0.6) is 0 Å². The molecule has 0 amide bonds. The topological polar surface area (TPSA) is 149 Å². The second kappa shape index (κ2) is 105. The first-order valence-corrected chi connectivity index (χ1v) is 36.0. The molecule has 86 heavy (non-hydrogen) atoms. The first kappa shape index (κ1) is 109. The Hall–Kier alpha value is 1.62. The van der Waals surface area contributed by atoms with Gasteiger partial charge in [0, 0.05) is 25.7 Å².